The van der Waals surface area contributed by atoms with Gasteiger partial charge in [-0.15, -0.1) is 0 Å². The fourth-order valence-corrected chi connectivity index (χ4v) is 1.82. The van der Waals surface area contributed by atoms with Gasteiger partial charge in [-0.1, -0.05) is 17.7 Å². The van der Waals surface area contributed by atoms with Crippen molar-refractivity contribution in [2.45, 2.75) is 20.4 Å². The van der Waals surface area contributed by atoms with Gasteiger partial charge in [0, 0.05) is 5.69 Å². The second kappa shape index (κ2) is 5.56. The van der Waals surface area contributed by atoms with E-state index in [1.54, 1.807) is 19.1 Å². The van der Waals surface area contributed by atoms with Crippen LogP contribution in [0, 0.1) is 13.8 Å². The van der Waals surface area contributed by atoms with Crippen LogP contribution in [0.3, 0.4) is 0 Å². The highest BCUT2D eigenvalue weighted by Gasteiger charge is 2.15. The lowest BCUT2D eigenvalue weighted by Gasteiger charge is -2.09. The molecule has 0 bridgehead atoms. The number of aromatic nitrogens is 2. The van der Waals surface area contributed by atoms with Crippen molar-refractivity contribution >= 4 is 17.6 Å². The molecule has 1 heterocycles. The Bertz CT molecular complexity index is 644. The first-order chi connectivity index (χ1) is 9.47. The summed E-state index contributed by atoms with van der Waals surface area (Å²) in [4.78, 5) is 26.9. The second-order valence-electron chi connectivity index (χ2n) is 4.50. The van der Waals surface area contributed by atoms with E-state index in [9.17, 15) is 9.59 Å². The largest absolute Gasteiger partial charge is 0.477 e. The van der Waals surface area contributed by atoms with E-state index in [4.69, 9.17) is 5.11 Å². The number of hydrogen-bond acceptors (Lipinski definition) is 3. The Morgan fingerprint density at radius 1 is 1.25 bits per heavy atom. The molecule has 0 aliphatic carbocycles. The first kappa shape index (κ1) is 13.8. The number of carboxylic acid groups (broad SMARTS) is 1. The summed E-state index contributed by atoms with van der Waals surface area (Å²) in [5, 5.41) is 11.7. The van der Waals surface area contributed by atoms with E-state index in [1.807, 2.05) is 19.1 Å². The van der Waals surface area contributed by atoms with Gasteiger partial charge in [0.25, 0.3) is 0 Å². The number of rotatable bonds is 4. The molecule has 0 atom stereocenters. The zero-order chi connectivity index (χ0) is 14.7. The minimum absolute atomic E-state index is 0.00144. The van der Waals surface area contributed by atoms with Crippen LogP contribution in [0.15, 0.2) is 30.5 Å². The molecule has 2 rings (SSSR count). The molecule has 1 aromatic carbocycles. The number of anilines is 1. The maximum atomic E-state index is 11.9. The summed E-state index contributed by atoms with van der Waals surface area (Å²) in [5.74, 6) is -0.910. The van der Waals surface area contributed by atoms with Gasteiger partial charge in [0.15, 0.2) is 0 Å². The Balaban J connectivity index is 2.10. The number of hydrogen-bond donors (Lipinski definition) is 2. The number of nitrogens with zero attached hydrogens (tertiary/aromatic N) is 2. The molecular formula is C14H15N3O3. The van der Waals surface area contributed by atoms with Crippen LogP contribution < -0.4 is 5.32 Å². The molecule has 1 aromatic heterocycles. The summed E-state index contributed by atoms with van der Waals surface area (Å²) < 4.78 is 1.37. The zero-order valence-corrected chi connectivity index (χ0v) is 11.3. The molecular weight excluding hydrogens is 258 g/mol. The van der Waals surface area contributed by atoms with Gasteiger partial charge in [0.1, 0.15) is 18.1 Å². The molecule has 0 aliphatic heterocycles. The maximum Gasteiger partial charge on any atom is 0.354 e. The molecule has 2 N–H and O–H groups in total. The Kier molecular flexibility index (Phi) is 3.84. The smallest absolute Gasteiger partial charge is 0.354 e. The van der Waals surface area contributed by atoms with Crippen LogP contribution in [0.5, 0.6) is 0 Å². The van der Waals surface area contributed by atoms with Gasteiger partial charge in [-0.25, -0.2) is 9.78 Å². The van der Waals surface area contributed by atoms with Gasteiger partial charge >= 0.3 is 5.97 Å². The van der Waals surface area contributed by atoms with Gasteiger partial charge in [0.2, 0.25) is 5.91 Å². The lowest BCUT2D eigenvalue weighted by atomic mass is 10.2. The zero-order valence-electron chi connectivity index (χ0n) is 11.3. The van der Waals surface area contributed by atoms with Crippen molar-refractivity contribution in [2.75, 3.05) is 5.32 Å². The fourth-order valence-electron chi connectivity index (χ4n) is 1.82. The predicted molar refractivity (Wildman–Crippen MR) is 73.7 cm³/mol. The topological polar surface area (TPSA) is 84.2 Å². The van der Waals surface area contributed by atoms with E-state index in [0.29, 0.717) is 11.5 Å². The van der Waals surface area contributed by atoms with Gasteiger partial charge in [-0.2, -0.15) is 0 Å². The molecule has 6 nitrogen and oxygen atoms in total. The minimum Gasteiger partial charge on any atom is -0.477 e. The average Bonchev–Trinajstić information content (AvgIpc) is 2.74. The van der Waals surface area contributed by atoms with Crippen LogP contribution in [0.4, 0.5) is 5.69 Å². The molecule has 104 valence electrons. The number of nitrogens with one attached hydrogen (secondary N) is 1. The Hall–Kier alpha value is -2.63. The number of amides is 1. The van der Waals surface area contributed by atoms with Crippen molar-refractivity contribution < 1.29 is 14.7 Å². The first-order valence-corrected chi connectivity index (χ1v) is 6.09. The highest BCUT2D eigenvalue weighted by molar-refractivity contribution is 5.92. The molecule has 0 fully saturated rings. The Morgan fingerprint density at radius 2 is 1.90 bits per heavy atom. The summed E-state index contributed by atoms with van der Waals surface area (Å²) in [5.41, 5.74) is 1.78. The SMILES string of the molecule is Cc1ccc(NC(=O)Cn2c(C(=O)O)cnc2C)cc1. The number of aryl methyl sites for hydroxylation is 2. The summed E-state index contributed by atoms with van der Waals surface area (Å²) in [6, 6.07) is 7.37. The molecule has 0 spiro atoms. The third-order valence-corrected chi connectivity index (χ3v) is 2.91. The third kappa shape index (κ3) is 3.03. The summed E-state index contributed by atoms with van der Waals surface area (Å²) in [7, 11) is 0. The number of benzene rings is 1. The van der Waals surface area contributed by atoms with Crippen molar-refractivity contribution in [2.24, 2.45) is 0 Å². The third-order valence-electron chi connectivity index (χ3n) is 2.91. The van der Waals surface area contributed by atoms with E-state index in [-0.39, 0.29) is 18.1 Å². The van der Waals surface area contributed by atoms with Crippen LogP contribution in [0.25, 0.3) is 0 Å². The van der Waals surface area contributed by atoms with Gasteiger partial charge in [0.05, 0.1) is 6.20 Å². The monoisotopic (exact) mass is 273 g/mol. The standard InChI is InChI=1S/C14H15N3O3/c1-9-3-5-11(6-4-9)16-13(18)8-17-10(2)15-7-12(17)14(19)20/h3-7H,8H2,1-2H3,(H,16,18)(H,19,20). The van der Waals surface area contributed by atoms with Crippen LogP contribution in [0.1, 0.15) is 21.9 Å². The highest BCUT2D eigenvalue weighted by atomic mass is 16.4. The summed E-state index contributed by atoms with van der Waals surface area (Å²) >= 11 is 0. The Labute approximate surface area is 116 Å². The lowest BCUT2D eigenvalue weighted by molar-refractivity contribution is -0.116. The van der Waals surface area contributed by atoms with Crippen molar-refractivity contribution in [3.8, 4) is 0 Å². The maximum absolute atomic E-state index is 11.9. The number of carboxylic acids is 1. The quantitative estimate of drug-likeness (QED) is 0.890. The van der Waals surface area contributed by atoms with Crippen molar-refractivity contribution in [1.29, 1.82) is 0 Å². The van der Waals surface area contributed by atoms with E-state index in [1.165, 1.54) is 10.8 Å². The average molecular weight is 273 g/mol. The number of aromatic carboxylic acids is 1. The van der Waals surface area contributed by atoms with Crippen LogP contribution in [-0.2, 0) is 11.3 Å². The lowest BCUT2D eigenvalue weighted by Crippen LogP contribution is -2.22. The normalized spacial score (nSPS) is 10.3. The van der Waals surface area contributed by atoms with Crippen molar-refractivity contribution in [3.05, 3.63) is 47.5 Å². The van der Waals surface area contributed by atoms with Gasteiger partial charge in [-0.3, -0.25) is 4.79 Å². The molecule has 0 unspecified atom stereocenters. The molecule has 1 amide bonds. The van der Waals surface area contributed by atoms with E-state index >= 15 is 0 Å². The van der Waals surface area contributed by atoms with Crippen LogP contribution in [0.2, 0.25) is 0 Å². The Morgan fingerprint density at radius 3 is 2.50 bits per heavy atom. The van der Waals surface area contributed by atoms with Gasteiger partial charge < -0.3 is 15.0 Å². The molecule has 0 saturated carbocycles. The highest BCUT2D eigenvalue weighted by Crippen LogP contribution is 2.10. The van der Waals surface area contributed by atoms with E-state index in [2.05, 4.69) is 10.3 Å². The minimum atomic E-state index is -1.10. The molecule has 0 saturated heterocycles. The van der Waals surface area contributed by atoms with Crippen molar-refractivity contribution in [1.82, 2.24) is 9.55 Å². The van der Waals surface area contributed by atoms with Crippen molar-refractivity contribution in [3.63, 3.8) is 0 Å². The predicted octanol–water partition coefficient (Wildman–Crippen LogP) is 1.84. The first-order valence-electron chi connectivity index (χ1n) is 6.09. The van der Waals surface area contributed by atoms with Crippen LogP contribution in [-0.4, -0.2) is 26.5 Å². The molecule has 0 radical (unpaired) electrons. The fraction of sp³-hybridized carbons (Fsp3) is 0.214. The van der Waals surface area contributed by atoms with Crippen LogP contribution >= 0.6 is 0 Å². The molecule has 6 heteroatoms. The molecule has 2 aromatic rings. The van der Waals surface area contributed by atoms with E-state index < -0.39 is 5.97 Å². The number of carbonyl (C=O) groups is 2. The second-order valence-corrected chi connectivity index (χ2v) is 4.50. The summed E-state index contributed by atoms with van der Waals surface area (Å²) in [6.07, 6.45) is 1.25. The summed E-state index contributed by atoms with van der Waals surface area (Å²) in [6.45, 7) is 3.53. The number of carbonyl (C=O) groups excluding carboxylic acids is 1. The molecule has 0 aliphatic rings. The molecule has 20 heavy (non-hydrogen) atoms. The number of imidazole rings is 1. The van der Waals surface area contributed by atoms with Gasteiger partial charge in [-0.05, 0) is 26.0 Å². The van der Waals surface area contributed by atoms with E-state index in [0.717, 1.165) is 5.56 Å².